The lowest BCUT2D eigenvalue weighted by Gasteiger charge is -2.23. The van der Waals surface area contributed by atoms with Crippen molar-refractivity contribution in [1.82, 2.24) is 5.32 Å². The van der Waals surface area contributed by atoms with Crippen molar-refractivity contribution in [2.45, 2.75) is 26.7 Å². The Kier molecular flexibility index (Phi) is 3.09. The Morgan fingerprint density at radius 1 is 1.69 bits per heavy atom. The molecule has 1 heterocycles. The van der Waals surface area contributed by atoms with Gasteiger partial charge in [-0.05, 0) is 33.2 Å². The van der Waals surface area contributed by atoms with Gasteiger partial charge in [-0.2, -0.15) is 0 Å². The predicted molar refractivity (Wildman–Crippen MR) is 51.6 cm³/mol. The van der Waals surface area contributed by atoms with E-state index in [1.807, 2.05) is 0 Å². The van der Waals surface area contributed by atoms with E-state index in [0.717, 1.165) is 19.5 Å². The molecule has 13 heavy (non-hydrogen) atoms. The summed E-state index contributed by atoms with van der Waals surface area (Å²) in [6, 6.07) is 0. The van der Waals surface area contributed by atoms with Crippen LogP contribution in [0.4, 0.5) is 0 Å². The molecule has 3 nitrogen and oxygen atoms in total. The summed E-state index contributed by atoms with van der Waals surface area (Å²) in [5, 5.41) is 12.2. The monoisotopic (exact) mass is 183 g/mol. The maximum atomic E-state index is 10.8. The van der Waals surface area contributed by atoms with E-state index in [4.69, 9.17) is 5.11 Å². The SMILES string of the molecule is CC(C)(CC1=CCCNC1)C(=O)O. The number of carboxylic acids is 1. The van der Waals surface area contributed by atoms with Crippen LogP contribution in [0.5, 0.6) is 0 Å². The van der Waals surface area contributed by atoms with Crippen molar-refractivity contribution in [3.63, 3.8) is 0 Å². The van der Waals surface area contributed by atoms with Gasteiger partial charge in [-0.3, -0.25) is 4.79 Å². The molecule has 0 spiro atoms. The Morgan fingerprint density at radius 3 is 2.85 bits per heavy atom. The van der Waals surface area contributed by atoms with Gasteiger partial charge in [0.25, 0.3) is 0 Å². The fourth-order valence-electron chi connectivity index (χ4n) is 1.48. The molecule has 0 aliphatic carbocycles. The summed E-state index contributed by atoms with van der Waals surface area (Å²) in [5.74, 6) is -0.723. The summed E-state index contributed by atoms with van der Waals surface area (Å²) in [7, 11) is 0. The molecule has 0 amide bonds. The van der Waals surface area contributed by atoms with Crippen LogP contribution in [0, 0.1) is 5.41 Å². The summed E-state index contributed by atoms with van der Waals surface area (Å²) in [4.78, 5) is 10.8. The van der Waals surface area contributed by atoms with Crippen molar-refractivity contribution >= 4 is 5.97 Å². The van der Waals surface area contributed by atoms with Gasteiger partial charge in [-0.1, -0.05) is 11.6 Å². The second kappa shape index (κ2) is 3.92. The van der Waals surface area contributed by atoms with Crippen LogP contribution in [0.25, 0.3) is 0 Å². The van der Waals surface area contributed by atoms with Gasteiger partial charge in [0, 0.05) is 6.54 Å². The van der Waals surface area contributed by atoms with Crippen LogP contribution in [0.1, 0.15) is 26.7 Å². The fraction of sp³-hybridized carbons (Fsp3) is 0.700. The van der Waals surface area contributed by atoms with Gasteiger partial charge in [0.05, 0.1) is 5.41 Å². The lowest BCUT2D eigenvalue weighted by atomic mass is 9.85. The van der Waals surface area contributed by atoms with E-state index >= 15 is 0 Å². The molecule has 0 aromatic heterocycles. The van der Waals surface area contributed by atoms with Crippen LogP contribution in [0.2, 0.25) is 0 Å². The summed E-state index contributed by atoms with van der Waals surface area (Å²) in [6.07, 6.45) is 3.82. The molecule has 74 valence electrons. The highest BCUT2D eigenvalue weighted by molar-refractivity contribution is 5.74. The average molecular weight is 183 g/mol. The largest absolute Gasteiger partial charge is 0.481 e. The van der Waals surface area contributed by atoms with Crippen molar-refractivity contribution in [2.24, 2.45) is 5.41 Å². The molecule has 0 radical (unpaired) electrons. The van der Waals surface area contributed by atoms with Gasteiger partial charge < -0.3 is 10.4 Å². The molecule has 0 unspecified atom stereocenters. The van der Waals surface area contributed by atoms with E-state index in [9.17, 15) is 4.79 Å². The van der Waals surface area contributed by atoms with E-state index in [1.54, 1.807) is 13.8 Å². The first kappa shape index (κ1) is 10.3. The summed E-state index contributed by atoms with van der Waals surface area (Å²) < 4.78 is 0. The zero-order chi connectivity index (χ0) is 9.90. The van der Waals surface area contributed by atoms with Crippen molar-refractivity contribution < 1.29 is 9.90 Å². The van der Waals surface area contributed by atoms with E-state index in [2.05, 4.69) is 11.4 Å². The molecule has 0 fully saturated rings. The smallest absolute Gasteiger partial charge is 0.309 e. The highest BCUT2D eigenvalue weighted by Crippen LogP contribution is 2.26. The van der Waals surface area contributed by atoms with Crippen molar-refractivity contribution in [2.75, 3.05) is 13.1 Å². The molecular formula is C10H17NO2. The maximum absolute atomic E-state index is 10.8. The zero-order valence-corrected chi connectivity index (χ0v) is 8.26. The highest BCUT2D eigenvalue weighted by Gasteiger charge is 2.28. The zero-order valence-electron chi connectivity index (χ0n) is 8.26. The van der Waals surface area contributed by atoms with Crippen LogP contribution < -0.4 is 5.32 Å². The van der Waals surface area contributed by atoms with Crippen molar-refractivity contribution in [3.8, 4) is 0 Å². The first-order valence-electron chi connectivity index (χ1n) is 4.64. The summed E-state index contributed by atoms with van der Waals surface area (Å²) in [5.41, 5.74) is 0.587. The van der Waals surface area contributed by atoms with Crippen molar-refractivity contribution in [3.05, 3.63) is 11.6 Å². The molecule has 1 rings (SSSR count). The van der Waals surface area contributed by atoms with E-state index in [1.165, 1.54) is 5.57 Å². The molecule has 2 N–H and O–H groups in total. The predicted octanol–water partition coefficient (Wildman–Crippen LogP) is 1.41. The number of carbonyl (C=O) groups is 1. The van der Waals surface area contributed by atoms with Gasteiger partial charge in [0.2, 0.25) is 0 Å². The van der Waals surface area contributed by atoms with Gasteiger partial charge in [-0.25, -0.2) is 0 Å². The first-order chi connectivity index (χ1) is 6.02. The lowest BCUT2D eigenvalue weighted by molar-refractivity contribution is -0.146. The topological polar surface area (TPSA) is 49.3 Å². The van der Waals surface area contributed by atoms with Crippen LogP contribution in [-0.4, -0.2) is 24.2 Å². The number of carboxylic acid groups (broad SMARTS) is 1. The van der Waals surface area contributed by atoms with Crippen molar-refractivity contribution in [1.29, 1.82) is 0 Å². The third-order valence-electron chi connectivity index (χ3n) is 2.35. The molecule has 0 saturated carbocycles. The molecule has 0 aromatic carbocycles. The van der Waals surface area contributed by atoms with Gasteiger partial charge in [0.1, 0.15) is 0 Å². The first-order valence-corrected chi connectivity index (χ1v) is 4.64. The Balaban J connectivity index is 2.56. The Bertz CT molecular complexity index is 231. The quantitative estimate of drug-likeness (QED) is 0.650. The molecular weight excluding hydrogens is 166 g/mol. The lowest BCUT2D eigenvalue weighted by Crippen LogP contribution is -2.29. The number of hydrogen-bond acceptors (Lipinski definition) is 2. The molecule has 1 aliphatic heterocycles. The van der Waals surface area contributed by atoms with Gasteiger partial charge in [-0.15, -0.1) is 0 Å². The van der Waals surface area contributed by atoms with E-state index < -0.39 is 11.4 Å². The molecule has 0 atom stereocenters. The normalized spacial score (nSPS) is 18.2. The number of aliphatic carboxylic acids is 1. The van der Waals surface area contributed by atoms with Crippen LogP contribution in [0.3, 0.4) is 0 Å². The van der Waals surface area contributed by atoms with E-state index in [0.29, 0.717) is 6.42 Å². The minimum atomic E-state index is -0.723. The average Bonchev–Trinajstić information content (AvgIpc) is 2.05. The Hall–Kier alpha value is -0.830. The van der Waals surface area contributed by atoms with Gasteiger partial charge >= 0.3 is 5.97 Å². The molecule has 3 heteroatoms. The third-order valence-corrected chi connectivity index (χ3v) is 2.35. The standard InChI is InChI=1S/C10H17NO2/c1-10(2,9(12)13)6-8-4-3-5-11-7-8/h4,11H,3,5-7H2,1-2H3,(H,12,13). The van der Waals surface area contributed by atoms with Crippen LogP contribution >= 0.6 is 0 Å². The molecule has 1 aliphatic rings. The molecule has 0 saturated heterocycles. The Labute approximate surface area is 78.8 Å². The minimum absolute atomic E-state index is 0.634. The number of hydrogen-bond donors (Lipinski definition) is 2. The molecule has 0 bridgehead atoms. The number of nitrogens with one attached hydrogen (secondary N) is 1. The highest BCUT2D eigenvalue weighted by atomic mass is 16.4. The number of rotatable bonds is 3. The van der Waals surface area contributed by atoms with Crippen LogP contribution in [-0.2, 0) is 4.79 Å². The summed E-state index contributed by atoms with van der Waals surface area (Å²) >= 11 is 0. The van der Waals surface area contributed by atoms with Crippen LogP contribution in [0.15, 0.2) is 11.6 Å². The fourth-order valence-corrected chi connectivity index (χ4v) is 1.48. The third kappa shape index (κ3) is 2.84. The Morgan fingerprint density at radius 2 is 2.38 bits per heavy atom. The second-order valence-electron chi connectivity index (χ2n) is 4.19. The summed E-state index contributed by atoms with van der Waals surface area (Å²) in [6.45, 7) is 5.39. The van der Waals surface area contributed by atoms with Gasteiger partial charge in [0.15, 0.2) is 0 Å². The maximum Gasteiger partial charge on any atom is 0.309 e. The van der Waals surface area contributed by atoms with E-state index in [-0.39, 0.29) is 0 Å². The minimum Gasteiger partial charge on any atom is -0.481 e. The second-order valence-corrected chi connectivity index (χ2v) is 4.19. The molecule has 0 aromatic rings.